The number of aldehydes is 1. The summed E-state index contributed by atoms with van der Waals surface area (Å²) in [4.78, 5) is 67.9. The molecular weight excluding hydrogens is 1360 g/mol. The van der Waals surface area contributed by atoms with Crippen LogP contribution < -0.4 is 31.1 Å². The molecule has 0 spiro atoms. The van der Waals surface area contributed by atoms with Crippen molar-refractivity contribution in [2.75, 3.05) is 123 Å². The molecule has 554 valence electrons. The maximum absolute atomic E-state index is 13.7. The molecule has 0 radical (unpaired) electrons. The van der Waals surface area contributed by atoms with Gasteiger partial charge in [0.25, 0.3) is 31.1 Å². The Morgan fingerprint density at radius 3 is 1.18 bits per heavy atom. The van der Waals surface area contributed by atoms with E-state index in [0.29, 0.717) is 126 Å². The lowest BCUT2D eigenvalue weighted by molar-refractivity contribution is -0.112. The van der Waals surface area contributed by atoms with Crippen LogP contribution in [0.15, 0.2) is 74.0 Å². The highest BCUT2D eigenvalue weighted by molar-refractivity contribution is 6.09. The maximum Gasteiger partial charge on any atom is 0.341 e. The van der Waals surface area contributed by atoms with Crippen molar-refractivity contribution < 1.29 is 78.0 Å². The minimum atomic E-state index is -2.85. The number of amides is 2. The van der Waals surface area contributed by atoms with Crippen LogP contribution in [-0.4, -0.2) is 205 Å². The van der Waals surface area contributed by atoms with Crippen molar-refractivity contribution in [3.8, 4) is 0 Å². The molecule has 0 aromatic carbocycles. The smallest absolute Gasteiger partial charge is 0.341 e. The summed E-state index contributed by atoms with van der Waals surface area (Å²) >= 11 is 0. The van der Waals surface area contributed by atoms with Gasteiger partial charge in [-0.3, -0.25) is 23.6 Å². The number of carboxylic acids is 1. The van der Waals surface area contributed by atoms with E-state index in [4.69, 9.17) is 33.1 Å². The van der Waals surface area contributed by atoms with E-state index in [-0.39, 0.29) is 82.6 Å². The summed E-state index contributed by atoms with van der Waals surface area (Å²) in [6, 6.07) is 5.46. The van der Waals surface area contributed by atoms with Crippen LogP contribution in [-0.2, 0) is 19.0 Å². The van der Waals surface area contributed by atoms with Gasteiger partial charge >= 0.3 is 5.97 Å². The standard InChI is InChI=1S/C22H27F2N7O3.C22H25F2N7O3.C11H17F2N3O.C11H12N4O3.H2/c2*23-20(24)19-17(12-31(28-19)15-3-1-14(13-32)2-4-15)26-22(33)16-11-25-30-6-5-18(27-21(16)30)29-7-9-34-10-8-29;12-11(13)10-9(14)5-16(15-10)8-3-1-7(6-17)2-4-8;16-11(17)8-7-12-15-2-1-9(13-10(8)15)14-3-5-18-6-4-14;/h5-6,11-12,14-15,20,32H,1-4,7-10,13H2,(H,26,33);5-6,11-15,20H,1-4,7-10H2,(H,26,33);5,7-8,11,17H,1-4,6,14H2;1-2,7H,3-6H2,(H,16,17);1H/i;;;;1+2D. The third-order valence-electron chi connectivity index (χ3n) is 19.4. The van der Waals surface area contributed by atoms with Crippen molar-refractivity contribution in [1.82, 2.24) is 73.1 Å². The van der Waals surface area contributed by atoms with Crippen LogP contribution in [0.4, 0.5) is 60.9 Å². The number of ether oxygens (including phenoxy) is 3. The molecule has 3 saturated carbocycles. The topological polar surface area (TPSA) is 360 Å². The Morgan fingerprint density at radius 1 is 0.524 bits per heavy atom. The summed E-state index contributed by atoms with van der Waals surface area (Å²) in [5.41, 5.74) is 5.75. The van der Waals surface area contributed by atoms with Crippen molar-refractivity contribution in [2.45, 2.75) is 114 Å². The molecule has 3 saturated heterocycles. The average Bonchev–Trinajstić information content (AvgIpc) is 1.68. The van der Waals surface area contributed by atoms with Crippen molar-refractivity contribution in [2.24, 2.45) is 17.8 Å². The van der Waals surface area contributed by atoms with Gasteiger partial charge in [-0.15, -0.1) is 0 Å². The van der Waals surface area contributed by atoms with E-state index in [1.165, 1.54) is 60.1 Å². The molecule has 3 aliphatic carbocycles. The number of nitrogens with two attached hydrogens (primary N) is 1. The van der Waals surface area contributed by atoms with Gasteiger partial charge in [-0.25, -0.2) is 59.6 Å². The van der Waals surface area contributed by atoms with Gasteiger partial charge in [0.2, 0.25) is 0 Å². The second-order valence-corrected chi connectivity index (χ2v) is 25.9. The van der Waals surface area contributed by atoms with Gasteiger partial charge < -0.3 is 65.4 Å². The fraction of sp³-hybridized carbons (Fsp3) is 0.530. The van der Waals surface area contributed by atoms with Crippen LogP contribution in [0.25, 0.3) is 16.9 Å². The lowest BCUT2D eigenvalue weighted by atomic mass is 9.87. The number of nitrogen functional groups attached to an aromatic ring is 1. The molecule has 0 unspecified atom stereocenters. The van der Waals surface area contributed by atoms with E-state index in [0.717, 1.165) is 76.6 Å². The Bertz CT molecular complexity index is 4340. The van der Waals surface area contributed by atoms with Crippen molar-refractivity contribution in [3.05, 3.63) is 108 Å². The van der Waals surface area contributed by atoms with E-state index in [2.05, 4.69) is 70.9 Å². The van der Waals surface area contributed by atoms with Crippen LogP contribution in [0, 0.1) is 17.8 Å². The van der Waals surface area contributed by atoms with Crippen LogP contribution in [0.3, 0.4) is 0 Å². The number of hydrogen-bond acceptors (Lipinski definition) is 22. The second-order valence-electron chi connectivity index (χ2n) is 25.9. The van der Waals surface area contributed by atoms with Crippen molar-refractivity contribution in [3.63, 3.8) is 0 Å². The minimum absolute atomic E-state index is 0.00558. The third-order valence-corrected chi connectivity index (χ3v) is 19.4. The molecule has 6 aliphatic rings. The van der Waals surface area contributed by atoms with E-state index in [1.54, 1.807) is 23.3 Å². The van der Waals surface area contributed by atoms with Crippen molar-refractivity contribution >= 4 is 75.5 Å². The molecular formula is C66H83F6N21O10. The Balaban J connectivity index is 0.000000145. The lowest BCUT2D eigenvalue weighted by Gasteiger charge is -2.27. The molecule has 0 atom stereocenters. The summed E-state index contributed by atoms with van der Waals surface area (Å²) in [5, 5.41) is 56.9. The number of halogens is 6. The Kier molecular flexibility index (Phi) is 23.3. The number of anilines is 6. The highest BCUT2D eigenvalue weighted by Crippen LogP contribution is 2.38. The molecule has 15 rings (SSSR count). The molecule has 7 N–H and O–H groups in total. The van der Waals surface area contributed by atoms with E-state index < -0.39 is 48.4 Å². The summed E-state index contributed by atoms with van der Waals surface area (Å²) in [5.74, 6) is 0.554. The average molecular weight is 1450 g/mol. The van der Waals surface area contributed by atoms with E-state index in [1.807, 2.05) is 18.2 Å². The number of nitrogens with zero attached hydrogens (tertiary/aromatic N) is 18. The SMILES string of the molecule is Nc1cn(C2CCC(CO)CC2)nc1C(F)F.O=C(Nc1cn(C2CCC(CO)CC2)nc1C(F)F)c1cnn2ccc(N3CCOCC3)nc12.O=C(O)c1cnn2ccc(N3CCOCC3)nc12.O=CC1CCC(n2cc(NC(=O)c3cnn4ccc(N5CCOCC5)nc34)c(C(F)F)n2)CC1.[2H][3H]. The molecule has 31 nitrogen and oxygen atoms in total. The number of hydrogen-bond donors (Lipinski definition) is 6. The van der Waals surface area contributed by atoms with Crippen molar-refractivity contribution in [1.29, 1.82) is 0 Å². The summed E-state index contributed by atoms with van der Waals surface area (Å²) in [6.45, 7) is 8.33. The van der Waals surface area contributed by atoms with Gasteiger partial charge in [-0.2, -0.15) is 30.6 Å². The minimum Gasteiger partial charge on any atom is -0.477 e. The first-order valence-corrected chi connectivity index (χ1v) is 34.3. The molecule has 37 heteroatoms. The summed E-state index contributed by atoms with van der Waals surface area (Å²) in [7, 11) is 0. The number of fused-ring (bicyclic) bond motifs is 3. The van der Waals surface area contributed by atoms with E-state index in [9.17, 15) is 50.6 Å². The number of aliphatic hydroxyl groups is 2. The number of aromatic nitrogens is 15. The lowest BCUT2D eigenvalue weighted by Crippen LogP contribution is -2.36. The maximum atomic E-state index is 13.7. The number of nitrogens with one attached hydrogen (secondary N) is 2. The molecule has 9 aromatic rings. The highest BCUT2D eigenvalue weighted by Gasteiger charge is 2.32. The molecule has 9 aromatic heterocycles. The normalized spacial score (nSPS) is 21.1. The Morgan fingerprint density at radius 2 is 0.854 bits per heavy atom. The summed E-state index contributed by atoms with van der Waals surface area (Å²) in [6.07, 6.45) is 15.6. The molecule has 12 heterocycles. The number of aromatic carboxylic acids is 1. The first kappa shape index (κ1) is 71.5. The summed E-state index contributed by atoms with van der Waals surface area (Å²) < 4.78 is 115. The van der Waals surface area contributed by atoms with Gasteiger partial charge in [0.05, 0.1) is 93.4 Å². The predicted molar refractivity (Wildman–Crippen MR) is 362 cm³/mol. The Hall–Kier alpha value is -9.85. The second kappa shape index (κ2) is 33.5. The number of alkyl halides is 6. The zero-order valence-electron chi connectivity index (χ0n) is 58.2. The largest absolute Gasteiger partial charge is 0.477 e. The Labute approximate surface area is 587 Å². The van der Waals surface area contributed by atoms with Crippen LogP contribution in [0.1, 0.15) is 166 Å². The monoisotopic (exact) mass is 1450 g/mol. The first-order valence-electron chi connectivity index (χ1n) is 35.3. The molecule has 103 heavy (non-hydrogen) atoms. The van der Waals surface area contributed by atoms with Crippen LogP contribution >= 0.6 is 0 Å². The molecule has 6 fully saturated rings. The number of morpholine rings is 3. The van der Waals surface area contributed by atoms with Gasteiger partial charge in [-0.05, 0) is 107 Å². The molecule has 0 bridgehead atoms. The van der Waals surface area contributed by atoms with Gasteiger partial charge in [-0.1, -0.05) is 0 Å². The van der Waals surface area contributed by atoms with E-state index >= 15 is 0 Å². The van der Waals surface area contributed by atoms with Crippen LogP contribution in [0.5, 0.6) is 0 Å². The van der Waals surface area contributed by atoms with Gasteiger partial charge in [0.1, 0.15) is 40.4 Å². The first-order chi connectivity index (χ1) is 50.9. The quantitative estimate of drug-likeness (QED) is 0.0369. The zero-order valence-corrected chi connectivity index (χ0v) is 56.2. The number of carboxylic acid groups (broad SMARTS) is 1. The number of rotatable bonds is 17. The third kappa shape index (κ3) is 17.3. The van der Waals surface area contributed by atoms with Gasteiger partial charge in [0.15, 0.2) is 34.0 Å². The number of aliphatic hydroxyl groups excluding tert-OH is 2. The van der Waals surface area contributed by atoms with Gasteiger partial charge in [0, 0.05) is 98.6 Å². The molecule has 3 aliphatic heterocycles. The molecule has 2 amide bonds. The van der Waals surface area contributed by atoms with Crippen LogP contribution in [0.2, 0.25) is 0 Å². The zero-order chi connectivity index (χ0) is 74.3. The number of carbonyl (C=O) groups excluding carboxylic acids is 3. The fourth-order valence-electron chi connectivity index (χ4n) is 13.5. The number of carbonyl (C=O) groups is 4. The highest BCUT2D eigenvalue weighted by atomic mass is 19.3. The predicted octanol–water partition coefficient (Wildman–Crippen LogP) is 8.20. The fourth-order valence-corrected chi connectivity index (χ4v) is 13.5.